The Morgan fingerprint density at radius 2 is 2.06 bits per heavy atom. The molecule has 0 aliphatic rings. The van der Waals surface area contributed by atoms with Crippen LogP contribution in [0.2, 0.25) is 0 Å². The summed E-state index contributed by atoms with van der Waals surface area (Å²) in [5.74, 6) is 0. The van der Waals surface area contributed by atoms with Crippen LogP contribution in [0.4, 0.5) is 5.69 Å². The van der Waals surface area contributed by atoms with Crippen LogP contribution in [0.1, 0.15) is 19.5 Å². The van der Waals surface area contributed by atoms with Gasteiger partial charge >= 0.3 is 0 Å². The summed E-state index contributed by atoms with van der Waals surface area (Å²) in [6.07, 6.45) is 1.90. The highest BCUT2D eigenvalue weighted by atomic mass is 15.4. The minimum Gasteiger partial charge on any atom is -0.252 e. The molecule has 0 aliphatic heterocycles. The van der Waals surface area contributed by atoms with Crippen molar-refractivity contribution in [2.45, 2.75) is 20.4 Å². The summed E-state index contributed by atoms with van der Waals surface area (Å²) in [6, 6.07) is 9.84. The summed E-state index contributed by atoms with van der Waals surface area (Å²) < 4.78 is 1.79. The van der Waals surface area contributed by atoms with Crippen molar-refractivity contribution in [3.63, 3.8) is 0 Å². The van der Waals surface area contributed by atoms with E-state index in [9.17, 15) is 0 Å². The Morgan fingerprint density at radius 3 is 2.69 bits per heavy atom. The minimum atomic E-state index is 0.825. The first-order valence-corrected chi connectivity index (χ1v) is 5.30. The molecule has 1 aromatic carbocycles. The summed E-state index contributed by atoms with van der Waals surface area (Å²) in [4.78, 5) is 4.48. The molecule has 0 radical (unpaired) electrons. The normalized spacial score (nSPS) is 11.8. The molecule has 2 rings (SSSR count). The van der Waals surface area contributed by atoms with Gasteiger partial charge in [0.15, 0.2) is 0 Å². The maximum atomic E-state index is 4.48. The molecule has 2 aromatic rings. The molecule has 0 fully saturated rings. The smallest absolute Gasteiger partial charge is 0.126 e. The molecular formula is C12H14N4. The monoisotopic (exact) mass is 214 g/mol. The van der Waals surface area contributed by atoms with Crippen molar-refractivity contribution >= 4 is 11.4 Å². The van der Waals surface area contributed by atoms with Crippen LogP contribution < -0.4 is 0 Å². The van der Waals surface area contributed by atoms with Crippen molar-refractivity contribution in [1.82, 2.24) is 15.0 Å². The van der Waals surface area contributed by atoms with Gasteiger partial charge in [0.05, 0.1) is 17.6 Å². The summed E-state index contributed by atoms with van der Waals surface area (Å²) in [5.41, 5.74) is 2.64. The van der Waals surface area contributed by atoms with Gasteiger partial charge in [-0.25, -0.2) is 0 Å². The topological polar surface area (TPSA) is 43.1 Å². The van der Waals surface area contributed by atoms with Gasteiger partial charge in [-0.2, -0.15) is 0 Å². The van der Waals surface area contributed by atoms with Crippen molar-refractivity contribution in [3.05, 3.63) is 42.2 Å². The van der Waals surface area contributed by atoms with E-state index in [1.165, 1.54) is 0 Å². The van der Waals surface area contributed by atoms with Crippen LogP contribution in [0, 0.1) is 0 Å². The van der Waals surface area contributed by atoms with Crippen LogP contribution in [0.15, 0.2) is 41.5 Å². The lowest BCUT2D eigenvalue weighted by Crippen LogP contribution is -1.94. The zero-order valence-electron chi connectivity index (χ0n) is 9.46. The summed E-state index contributed by atoms with van der Waals surface area (Å²) in [7, 11) is 0. The Labute approximate surface area is 94.6 Å². The SMILES string of the molecule is CCn1cc(C(C)=Nc2ccccc2)nn1. The standard InChI is InChI=1S/C12H14N4/c1-3-16-9-12(14-15-16)10(2)13-11-7-5-4-6-8-11/h4-9H,3H2,1-2H3. The third kappa shape index (κ3) is 2.34. The van der Waals surface area contributed by atoms with E-state index < -0.39 is 0 Å². The zero-order chi connectivity index (χ0) is 11.4. The molecule has 82 valence electrons. The quantitative estimate of drug-likeness (QED) is 0.736. The molecule has 4 heteroatoms. The maximum absolute atomic E-state index is 4.48. The first-order chi connectivity index (χ1) is 7.79. The van der Waals surface area contributed by atoms with Crippen LogP contribution >= 0.6 is 0 Å². The lowest BCUT2D eigenvalue weighted by atomic mass is 10.3. The number of benzene rings is 1. The molecule has 1 heterocycles. The molecule has 0 amide bonds. The number of aliphatic imine (C=N–C) groups is 1. The third-order valence-electron chi connectivity index (χ3n) is 2.29. The number of nitrogens with zero attached hydrogens (tertiary/aromatic N) is 4. The summed E-state index contributed by atoms with van der Waals surface area (Å²) in [6.45, 7) is 4.80. The molecule has 0 N–H and O–H groups in total. The number of hydrogen-bond acceptors (Lipinski definition) is 3. The average molecular weight is 214 g/mol. The second-order valence-corrected chi connectivity index (χ2v) is 3.49. The number of aromatic nitrogens is 3. The Balaban J connectivity index is 2.25. The highest BCUT2D eigenvalue weighted by Crippen LogP contribution is 2.11. The van der Waals surface area contributed by atoms with Crippen LogP contribution in [-0.4, -0.2) is 20.7 Å². The molecule has 4 nitrogen and oxygen atoms in total. The maximum Gasteiger partial charge on any atom is 0.126 e. The van der Waals surface area contributed by atoms with Gasteiger partial charge < -0.3 is 0 Å². The lowest BCUT2D eigenvalue weighted by Gasteiger charge is -1.95. The van der Waals surface area contributed by atoms with E-state index in [4.69, 9.17) is 0 Å². The first kappa shape index (κ1) is 10.5. The molecular weight excluding hydrogens is 200 g/mol. The Kier molecular flexibility index (Phi) is 3.10. The van der Waals surface area contributed by atoms with Gasteiger partial charge in [0.2, 0.25) is 0 Å². The number of rotatable bonds is 3. The predicted octanol–water partition coefficient (Wildman–Crippen LogP) is 2.44. The van der Waals surface area contributed by atoms with E-state index in [1.54, 1.807) is 4.68 Å². The van der Waals surface area contributed by atoms with E-state index in [0.717, 1.165) is 23.6 Å². The van der Waals surface area contributed by atoms with Crippen LogP contribution in [0.3, 0.4) is 0 Å². The van der Waals surface area contributed by atoms with Gasteiger partial charge in [-0.1, -0.05) is 23.4 Å². The molecule has 0 atom stereocenters. The molecule has 0 saturated heterocycles. The number of hydrogen-bond donors (Lipinski definition) is 0. The van der Waals surface area contributed by atoms with Crippen molar-refractivity contribution in [3.8, 4) is 0 Å². The molecule has 0 bridgehead atoms. The molecule has 0 unspecified atom stereocenters. The fourth-order valence-corrected chi connectivity index (χ4v) is 1.37. The highest BCUT2D eigenvalue weighted by Gasteiger charge is 2.02. The van der Waals surface area contributed by atoms with Crippen molar-refractivity contribution < 1.29 is 0 Å². The Bertz CT molecular complexity index is 485. The van der Waals surface area contributed by atoms with E-state index in [0.29, 0.717) is 0 Å². The minimum absolute atomic E-state index is 0.825. The average Bonchev–Trinajstić information content (AvgIpc) is 2.79. The van der Waals surface area contributed by atoms with E-state index in [2.05, 4.69) is 15.3 Å². The van der Waals surface area contributed by atoms with E-state index >= 15 is 0 Å². The zero-order valence-corrected chi connectivity index (χ0v) is 9.46. The molecule has 0 saturated carbocycles. The largest absolute Gasteiger partial charge is 0.252 e. The second kappa shape index (κ2) is 4.70. The molecule has 0 aliphatic carbocycles. The first-order valence-electron chi connectivity index (χ1n) is 5.30. The second-order valence-electron chi connectivity index (χ2n) is 3.49. The van der Waals surface area contributed by atoms with Gasteiger partial charge in [0, 0.05) is 6.54 Å². The fraction of sp³-hybridized carbons (Fsp3) is 0.250. The third-order valence-corrected chi connectivity index (χ3v) is 2.29. The highest BCUT2D eigenvalue weighted by molar-refractivity contribution is 5.98. The van der Waals surface area contributed by atoms with Gasteiger partial charge in [0.25, 0.3) is 0 Å². The number of aryl methyl sites for hydroxylation is 1. The van der Waals surface area contributed by atoms with Crippen molar-refractivity contribution in [2.24, 2.45) is 4.99 Å². The summed E-state index contributed by atoms with van der Waals surface area (Å²) >= 11 is 0. The lowest BCUT2D eigenvalue weighted by molar-refractivity contribution is 0.627. The molecule has 0 spiro atoms. The van der Waals surface area contributed by atoms with Crippen LogP contribution in [-0.2, 0) is 6.54 Å². The van der Waals surface area contributed by atoms with Gasteiger partial charge in [-0.15, -0.1) is 5.10 Å². The summed E-state index contributed by atoms with van der Waals surface area (Å²) in [5, 5.41) is 8.05. The van der Waals surface area contributed by atoms with E-state index in [1.807, 2.05) is 50.4 Å². The van der Waals surface area contributed by atoms with E-state index in [-0.39, 0.29) is 0 Å². The predicted molar refractivity (Wildman–Crippen MR) is 64.0 cm³/mol. The van der Waals surface area contributed by atoms with Gasteiger partial charge in [-0.05, 0) is 26.0 Å². The Morgan fingerprint density at radius 1 is 1.31 bits per heavy atom. The van der Waals surface area contributed by atoms with Crippen LogP contribution in [0.5, 0.6) is 0 Å². The van der Waals surface area contributed by atoms with Gasteiger partial charge in [-0.3, -0.25) is 9.67 Å². The van der Waals surface area contributed by atoms with Crippen molar-refractivity contribution in [1.29, 1.82) is 0 Å². The molecule has 16 heavy (non-hydrogen) atoms. The Hall–Kier alpha value is -1.97. The number of para-hydroxylation sites is 1. The molecule has 1 aromatic heterocycles. The van der Waals surface area contributed by atoms with Gasteiger partial charge in [0.1, 0.15) is 5.69 Å². The van der Waals surface area contributed by atoms with Crippen molar-refractivity contribution in [2.75, 3.05) is 0 Å². The fourth-order valence-electron chi connectivity index (χ4n) is 1.37. The van der Waals surface area contributed by atoms with Crippen LogP contribution in [0.25, 0.3) is 0 Å².